The van der Waals surface area contributed by atoms with Crippen LogP contribution in [0.1, 0.15) is 11.1 Å². The third-order valence-corrected chi connectivity index (χ3v) is 4.72. The summed E-state index contributed by atoms with van der Waals surface area (Å²) in [6, 6.07) is 8.60. The number of hydrogen-bond donors (Lipinski definition) is 1. The van der Waals surface area contributed by atoms with Gasteiger partial charge < -0.3 is 0 Å². The normalized spacial score (nSPS) is 11.4. The van der Waals surface area contributed by atoms with Crippen LogP contribution in [-0.4, -0.2) is 8.42 Å². The summed E-state index contributed by atoms with van der Waals surface area (Å²) in [5, 5.41) is 0.473. The predicted molar refractivity (Wildman–Crippen MR) is 78.1 cm³/mol. The molecule has 0 atom stereocenters. The molecule has 0 spiro atoms. The summed E-state index contributed by atoms with van der Waals surface area (Å²) in [6.07, 6.45) is 0. The van der Waals surface area contributed by atoms with Gasteiger partial charge in [-0.05, 0) is 55.3 Å². The first-order valence-electron chi connectivity index (χ1n) is 5.85. The molecule has 0 heterocycles. The number of sulfonamides is 1. The quantitative estimate of drug-likeness (QED) is 0.934. The molecular formula is C14H13ClFNO2S. The van der Waals surface area contributed by atoms with Crippen molar-refractivity contribution in [2.24, 2.45) is 0 Å². The lowest BCUT2D eigenvalue weighted by Crippen LogP contribution is -2.14. The van der Waals surface area contributed by atoms with E-state index < -0.39 is 15.8 Å². The van der Waals surface area contributed by atoms with Gasteiger partial charge in [-0.1, -0.05) is 17.7 Å². The van der Waals surface area contributed by atoms with Crippen molar-refractivity contribution < 1.29 is 12.8 Å². The van der Waals surface area contributed by atoms with Crippen molar-refractivity contribution in [1.82, 2.24) is 0 Å². The molecule has 2 rings (SSSR count). The van der Waals surface area contributed by atoms with Crippen LogP contribution in [0.4, 0.5) is 10.1 Å². The Morgan fingerprint density at radius 3 is 2.50 bits per heavy atom. The van der Waals surface area contributed by atoms with Crippen LogP contribution < -0.4 is 4.72 Å². The minimum absolute atomic E-state index is 0.00998. The molecule has 3 nitrogen and oxygen atoms in total. The lowest BCUT2D eigenvalue weighted by Gasteiger charge is -2.12. The second-order valence-corrected chi connectivity index (χ2v) is 6.52. The molecule has 2 aromatic rings. The summed E-state index contributed by atoms with van der Waals surface area (Å²) in [7, 11) is -3.77. The minimum Gasteiger partial charge on any atom is -0.279 e. The molecule has 0 aromatic heterocycles. The van der Waals surface area contributed by atoms with E-state index in [1.165, 1.54) is 19.1 Å². The Kier molecular flexibility index (Phi) is 4.01. The van der Waals surface area contributed by atoms with E-state index in [1.807, 2.05) is 0 Å². The summed E-state index contributed by atoms with van der Waals surface area (Å²) in [5.74, 6) is -0.442. The molecule has 2 aromatic carbocycles. The molecule has 1 N–H and O–H groups in total. The van der Waals surface area contributed by atoms with Crippen molar-refractivity contribution in [2.45, 2.75) is 18.7 Å². The highest BCUT2D eigenvalue weighted by molar-refractivity contribution is 7.92. The molecule has 106 valence electrons. The third kappa shape index (κ3) is 2.94. The van der Waals surface area contributed by atoms with E-state index in [0.29, 0.717) is 16.3 Å². The number of aryl methyl sites for hydroxylation is 1. The molecule has 0 saturated carbocycles. The van der Waals surface area contributed by atoms with E-state index in [0.717, 1.165) is 6.07 Å². The number of benzene rings is 2. The zero-order valence-corrected chi connectivity index (χ0v) is 12.5. The topological polar surface area (TPSA) is 46.2 Å². The van der Waals surface area contributed by atoms with Gasteiger partial charge in [-0.25, -0.2) is 12.8 Å². The largest absolute Gasteiger partial charge is 0.279 e. The van der Waals surface area contributed by atoms with Crippen molar-refractivity contribution in [3.05, 3.63) is 58.4 Å². The fraction of sp³-hybridized carbons (Fsp3) is 0.143. The minimum atomic E-state index is -3.77. The number of hydrogen-bond acceptors (Lipinski definition) is 2. The Morgan fingerprint density at radius 1 is 1.15 bits per heavy atom. The molecule has 0 fully saturated rings. The van der Waals surface area contributed by atoms with E-state index in [1.54, 1.807) is 25.1 Å². The average molecular weight is 314 g/mol. The van der Waals surface area contributed by atoms with Gasteiger partial charge >= 0.3 is 0 Å². The van der Waals surface area contributed by atoms with Gasteiger partial charge in [-0.15, -0.1) is 0 Å². The molecule has 0 aliphatic heterocycles. The molecule has 20 heavy (non-hydrogen) atoms. The number of rotatable bonds is 3. The highest BCUT2D eigenvalue weighted by Gasteiger charge is 2.16. The second kappa shape index (κ2) is 5.42. The standard InChI is InChI=1S/C14H13ClFNO2S/c1-9-8-11(6-7-13(9)16)20(18,19)17-14-5-3-4-12(15)10(14)2/h3-8,17H,1-2H3. The number of halogens is 2. The Bertz CT molecular complexity index is 760. The molecule has 0 aliphatic carbocycles. The highest BCUT2D eigenvalue weighted by Crippen LogP contribution is 2.25. The smallest absolute Gasteiger partial charge is 0.261 e. The van der Waals surface area contributed by atoms with Crippen molar-refractivity contribution >= 4 is 27.3 Å². The number of nitrogens with one attached hydrogen (secondary N) is 1. The van der Waals surface area contributed by atoms with Gasteiger partial charge in [0.25, 0.3) is 10.0 Å². The van der Waals surface area contributed by atoms with Crippen molar-refractivity contribution in [2.75, 3.05) is 4.72 Å². The van der Waals surface area contributed by atoms with Crippen molar-refractivity contribution in [1.29, 1.82) is 0 Å². The summed E-state index contributed by atoms with van der Waals surface area (Å²) in [4.78, 5) is 0.00998. The summed E-state index contributed by atoms with van der Waals surface area (Å²) in [6.45, 7) is 3.23. The molecule has 6 heteroatoms. The van der Waals surface area contributed by atoms with Gasteiger partial charge in [-0.2, -0.15) is 0 Å². The lowest BCUT2D eigenvalue weighted by atomic mass is 10.2. The van der Waals surface area contributed by atoms with Crippen LogP contribution in [-0.2, 0) is 10.0 Å². The molecule has 0 amide bonds. The summed E-state index contributed by atoms with van der Waals surface area (Å²) < 4.78 is 40.2. The molecule has 0 aliphatic rings. The lowest BCUT2D eigenvalue weighted by molar-refractivity contribution is 0.598. The maximum absolute atomic E-state index is 13.2. The average Bonchev–Trinajstić information content (AvgIpc) is 2.38. The van der Waals surface area contributed by atoms with Crippen LogP contribution in [0.5, 0.6) is 0 Å². The first-order chi connectivity index (χ1) is 9.31. The zero-order chi connectivity index (χ0) is 14.9. The number of anilines is 1. The monoisotopic (exact) mass is 313 g/mol. The molecular weight excluding hydrogens is 301 g/mol. The SMILES string of the molecule is Cc1cc(S(=O)(=O)Nc2cccc(Cl)c2C)ccc1F. The molecule has 0 radical (unpaired) electrons. The first-order valence-corrected chi connectivity index (χ1v) is 7.71. The van der Waals surface area contributed by atoms with E-state index in [9.17, 15) is 12.8 Å². The zero-order valence-electron chi connectivity index (χ0n) is 10.9. The Balaban J connectivity index is 2.41. The third-order valence-electron chi connectivity index (χ3n) is 2.95. The summed E-state index contributed by atoms with van der Waals surface area (Å²) in [5.41, 5.74) is 1.31. The Labute approximate surface area is 122 Å². The summed E-state index contributed by atoms with van der Waals surface area (Å²) >= 11 is 5.95. The molecule has 0 unspecified atom stereocenters. The van der Waals surface area contributed by atoms with Gasteiger partial charge in [0.05, 0.1) is 10.6 Å². The van der Waals surface area contributed by atoms with Crippen LogP contribution in [0.3, 0.4) is 0 Å². The van der Waals surface area contributed by atoms with Gasteiger partial charge in [-0.3, -0.25) is 4.72 Å². The Morgan fingerprint density at radius 2 is 1.85 bits per heavy atom. The Hall–Kier alpha value is -1.59. The maximum Gasteiger partial charge on any atom is 0.261 e. The van der Waals surface area contributed by atoms with Gasteiger partial charge in [0.1, 0.15) is 5.82 Å². The van der Waals surface area contributed by atoms with E-state index in [-0.39, 0.29) is 10.5 Å². The van der Waals surface area contributed by atoms with Gasteiger partial charge in [0.15, 0.2) is 0 Å². The van der Waals surface area contributed by atoms with E-state index in [2.05, 4.69) is 4.72 Å². The van der Waals surface area contributed by atoms with Crippen molar-refractivity contribution in [3.8, 4) is 0 Å². The fourth-order valence-electron chi connectivity index (χ4n) is 1.71. The van der Waals surface area contributed by atoms with E-state index >= 15 is 0 Å². The fourth-order valence-corrected chi connectivity index (χ4v) is 3.09. The molecule has 0 saturated heterocycles. The predicted octanol–water partition coefficient (Wildman–Crippen LogP) is 3.90. The van der Waals surface area contributed by atoms with Crippen LogP contribution in [0.2, 0.25) is 5.02 Å². The molecule has 0 bridgehead atoms. The van der Waals surface area contributed by atoms with Crippen LogP contribution in [0, 0.1) is 19.7 Å². The van der Waals surface area contributed by atoms with Crippen molar-refractivity contribution in [3.63, 3.8) is 0 Å². The van der Waals surface area contributed by atoms with E-state index in [4.69, 9.17) is 11.6 Å². The second-order valence-electron chi connectivity index (χ2n) is 4.43. The van der Waals surface area contributed by atoms with Gasteiger partial charge in [0.2, 0.25) is 0 Å². The van der Waals surface area contributed by atoms with Gasteiger partial charge in [0, 0.05) is 5.02 Å². The maximum atomic E-state index is 13.2. The highest BCUT2D eigenvalue weighted by atomic mass is 35.5. The first kappa shape index (κ1) is 14.8. The van der Waals surface area contributed by atoms with Crippen LogP contribution >= 0.6 is 11.6 Å². The van der Waals surface area contributed by atoms with Crippen LogP contribution in [0.15, 0.2) is 41.3 Å². The van der Waals surface area contributed by atoms with Crippen LogP contribution in [0.25, 0.3) is 0 Å².